The maximum atomic E-state index is 13.7. The Labute approximate surface area is 224 Å². The van der Waals surface area contributed by atoms with Crippen LogP contribution in [0.4, 0.5) is 10.1 Å². The molecule has 3 aromatic rings. The van der Waals surface area contributed by atoms with E-state index in [1.54, 1.807) is 6.07 Å². The molecule has 0 amide bonds. The van der Waals surface area contributed by atoms with E-state index in [0.717, 1.165) is 63.3 Å². The molecular weight excluding hydrogens is 481 g/mol. The van der Waals surface area contributed by atoms with Gasteiger partial charge in [-0.25, -0.2) is 4.39 Å². The van der Waals surface area contributed by atoms with Gasteiger partial charge in [-0.1, -0.05) is 42.5 Å². The van der Waals surface area contributed by atoms with E-state index < -0.39 is 0 Å². The second kappa shape index (κ2) is 12.9. The van der Waals surface area contributed by atoms with Crippen LogP contribution in [0.5, 0.6) is 5.75 Å². The van der Waals surface area contributed by atoms with E-state index >= 15 is 0 Å². The molecule has 2 aliphatic heterocycles. The van der Waals surface area contributed by atoms with Crippen LogP contribution in [0, 0.1) is 17.1 Å². The van der Waals surface area contributed by atoms with Crippen LogP contribution in [0.15, 0.2) is 72.8 Å². The molecule has 6 nitrogen and oxygen atoms in total. The third-order valence-electron chi connectivity index (χ3n) is 7.16. The zero-order valence-corrected chi connectivity index (χ0v) is 21.6. The molecule has 0 bridgehead atoms. The Kier molecular flexibility index (Phi) is 8.87. The first-order valence-electron chi connectivity index (χ1n) is 13.4. The topological polar surface area (TPSA) is 58.0 Å². The van der Waals surface area contributed by atoms with Gasteiger partial charge in [-0.3, -0.25) is 4.90 Å². The Balaban J connectivity index is 1.29. The minimum Gasteiger partial charge on any atom is -0.491 e. The van der Waals surface area contributed by atoms with Gasteiger partial charge in [0.15, 0.2) is 6.29 Å². The molecule has 3 aromatic carbocycles. The lowest BCUT2D eigenvalue weighted by Gasteiger charge is -2.43. The molecule has 2 fully saturated rings. The van der Waals surface area contributed by atoms with E-state index in [4.69, 9.17) is 14.2 Å². The average molecular weight is 516 g/mol. The molecular formula is C31H34FN3O3. The van der Waals surface area contributed by atoms with Crippen molar-refractivity contribution >= 4 is 5.69 Å². The fourth-order valence-corrected chi connectivity index (χ4v) is 5.21. The standard InChI is InChI=1S/C31H34FN3O3/c32-27-11-9-25(10-12-27)30-23-34(22-24-6-2-1-3-7-24)15-16-35(30)29-14-13-28(20-26(29)21-33)36-18-19-38-31-8-4-5-17-37-31/h1-3,6-7,9-14,20,30-31H,4-5,8,15-19,22-23H2/t30-,31?/m0/s1. The molecule has 0 aromatic heterocycles. The molecule has 38 heavy (non-hydrogen) atoms. The molecule has 5 rings (SSSR count). The lowest BCUT2D eigenvalue weighted by Crippen LogP contribution is -2.48. The van der Waals surface area contributed by atoms with Crippen LogP contribution in [-0.2, 0) is 16.0 Å². The quantitative estimate of drug-likeness (QED) is 0.342. The Morgan fingerprint density at radius 3 is 2.58 bits per heavy atom. The van der Waals surface area contributed by atoms with Crippen molar-refractivity contribution in [3.05, 3.63) is 95.3 Å². The van der Waals surface area contributed by atoms with Crippen LogP contribution in [0.25, 0.3) is 0 Å². The number of benzene rings is 3. The predicted molar refractivity (Wildman–Crippen MR) is 144 cm³/mol. The SMILES string of the molecule is N#Cc1cc(OCCOC2CCCCO2)ccc1N1CCN(Cc2ccccc2)C[C@H]1c1ccc(F)cc1. The number of nitrogens with zero attached hydrogens (tertiary/aromatic N) is 3. The first kappa shape index (κ1) is 26.2. The van der Waals surface area contributed by atoms with E-state index in [1.165, 1.54) is 17.7 Å². The van der Waals surface area contributed by atoms with Crippen molar-refractivity contribution < 1.29 is 18.6 Å². The van der Waals surface area contributed by atoms with Crippen molar-refractivity contribution in [2.45, 2.75) is 38.1 Å². The lowest BCUT2D eigenvalue weighted by atomic mass is 9.99. The van der Waals surface area contributed by atoms with Gasteiger partial charge in [0.05, 0.1) is 23.9 Å². The van der Waals surface area contributed by atoms with E-state index in [-0.39, 0.29) is 18.1 Å². The molecule has 2 saturated heterocycles. The molecule has 0 radical (unpaired) electrons. The summed E-state index contributed by atoms with van der Waals surface area (Å²) in [5, 5.41) is 10.0. The van der Waals surface area contributed by atoms with E-state index in [2.05, 4.69) is 40.1 Å². The molecule has 0 N–H and O–H groups in total. The molecule has 1 unspecified atom stereocenters. The van der Waals surface area contributed by atoms with Gasteiger partial charge in [0.2, 0.25) is 0 Å². The molecule has 7 heteroatoms. The van der Waals surface area contributed by atoms with Crippen LogP contribution in [-0.4, -0.2) is 50.6 Å². The zero-order valence-electron chi connectivity index (χ0n) is 21.6. The normalized spacial score (nSPS) is 20.2. The van der Waals surface area contributed by atoms with Gasteiger partial charge in [0.1, 0.15) is 24.2 Å². The van der Waals surface area contributed by atoms with E-state index in [9.17, 15) is 9.65 Å². The van der Waals surface area contributed by atoms with Gasteiger partial charge >= 0.3 is 0 Å². The second-order valence-corrected chi connectivity index (χ2v) is 9.79. The van der Waals surface area contributed by atoms with Crippen LogP contribution < -0.4 is 9.64 Å². The predicted octanol–water partition coefficient (Wildman–Crippen LogP) is 5.68. The molecule has 0 aliphatic carbocycles. The summed E-state index contributed by atoms with van der Waals surface area (Å²) in [6.45, 7) is 4.79. The Morgan fingerprint density at radius 2 is 1.82 bits per heavy atom. The number of ether oxygens (including phenoxy) is 3. The maximum absolute atomic E-state index is 13.7. The van der Waals surface area contributed by atoms with Crippen LogP contribution >= 0.6 is 0 Å². The van der Waals surface area contributed by atoms with Crippen LogP contribution in [0.1, 0.15) is 42.0 Å². The Bertz CT molecular complexity index is 1210. The van der Waals surface area contributed by atoms with Gasteiger partial charge in [0.25, 0.3) is 0 Å². The fraction of sp³-hybridized carbons (Fsp3) is 0.387. The van der Waals surface area contributed by atoms with Gasteiger partial charge in [-0.2, -0.15) is 5.26 Å². The summed E-state index contributed by atoms with van der Waals surface area (Å²) in [4.78, 5) is 4.68. The first-order chi connectivity index (χ1) is 18.7. The minimum atomic E-state index is -0.254. The second-order valence-electron chi connectivity index (χ2n) is 9.79. The van der Waals surface area contributed by atoms with Crippen molar-refractivity contribution in [2.75, 3.05) is 44.4 Å². The molecule has 2 aliphatic rings. The average Bonchev–Trinajstić information content (AvgIpc) is 2.97. The summed E-state index contributed by atoms with van der Waals surface area (Å²) >= 11 is 0. The van der Waals surface area contributed by atoms with Crippen molar-refractivity contribution in [3.8, 4) is 11.8 Å². The van der Waals surface area contributed by atoms with Crippen molar-refractivity contribution in [1.82, 2.24) is 4.90 Å². The lowest BCUT2D eigenvalue weighted by molar-refractivity contribution is -0.165. The minimum absolute atomic E-state index is 0.0178. The zero-order chi connectivity index (χ0) is 26.2. The Morgan fingerprint density at radius 1 is 0.974 bits per heavy atom. The molecule has 2 heterocycles. The highest BCUT2D eigenvalue weighted by atomic mass is 19.1. The third-order valence-corrected chi connectivity index (χ3v) is 7.16. The largest absolute Gasteiger partial charge is 0.491 e. The monoisotopic (exact) mass is 515 g/mol. The van der Waals surface area contributed by atoms with Crippen molar-refractivity contribution in [3.63, 3.8) is 0 Å². The molecule has 0 spiro atoms. The summed E-state index contributed by atoms with van der Waals surface area (Å²) in [5.74, 6) is 0.384. The van der Waals surface area contributed by atoms with Crippen LogP contribution in [0.3, 0.4) is 0 Å². The Hall–Kier alpha value is -3.44. The van der Waals surface area contributed by atoms with Gasteiger partial charge in [0, 0.05) is 32.8 Å². The summed E-state index contributed by atoms with van der Waals surface area (Å²) in [5.41, 5.74) is 3.70. The summed E-state index contributed by atoms with van der Waals surface area (Å²) in [7, 11) is 0. The molecule has 2 atom stereocenters. The first-order valence-corrected chi connectivity index (χ1v) is 13.4. The number of anilines is 1. The number of halogens is 1. The van der Waals surface area contributed by atoms with E-state index in [1.807, 2.05) is 30.3 Å². The van der Waals surface area contributed by atoms with Crippen molar-refractivity contribution in [2.24, 2.45) is 0 Å². The molecule has 0 saturated carbocycles. The summed E-state index contributed by atoms with van der Waals surface area (Å²) < 4.78 is 31.0. The van der Waals surface area contributed by atoms with E-state index in [0.29, 0.717) is 24.5 Å². The van der Waals surface area contributed by atoms with Gasteiger partial charge < -0.3 is 19.1 Å². The highest BCUT2D eigenvalue weighted by molar-refractivity contribution is 5.63. The number of rotatable bonds is 9. The number of piperazine rings is 1. The summed E-state index contributed by atoms with van der Waals surface area (Å²) in [6.07, 6.45) is 2.98. The highest BCUT2D eigenvalue weighted by Gasteiger charge is 2.30. The number of hydrogen-bond donors (Lipinski definition) is 0. The number of hydrogen-bond acceptors (Lipinski definition) is 6. The summed E-state index contributed by atoms with van der Waals surface area (Å²) in [6, 6.07) is 25.1. The smallest absolute Gasteiger partial charge is 0.157 e. The fourth-order valence-electron chi connectivity index (χ4n) is 5.21. The number of nitriles is 1. The maximum Gasteiger partial charge on any atom is 0.157 e. The van der Waals surface area contributed by atoms with Crippen LogP contribution in [0.2, 0.25) is 0 Å². The highest BCUT2D eigenvalue weighted by Crippen LogP contribution is 2.35. The van der Waals surface area contributed by atoms with Gasteiger partial charge in [-0.15, -0.1) is 0 Å². The van der Waals surface area contributed by atoms with Gasteiger partial charge in [-0.05, 0) is 60.7 Å². The molecule has 198 valence electrons. The third kappa shape index (κ3) is 6.70. The van der Waals surface area contributed by atoms with Crippen molar-refractivity contribution in [1.29, 1.82) is 5.26 Å².